The van der Waals surface area contributed by atoms with Gasteiger partial charge in [0.1, 0.15) is 0 Å². The van der Waals surface area contributed by atoms with E-state index in [-0.39, 0.29) is 17.4 Å². The third kappa shape index (κ3) is 2.58. The van der Waals surface area contributed by atoms with Crippen molar-refractivity contribution >= 4 is 17.2 Å². The quantitative estimate of drug-likeness (QED) is 0.856. The summed E-state index contributed by atoms with van der Waals surface area (Å²) >= 11 is 1.63. The van der Waals surface area contributed by atoms with Crippen LogP contribution in [0.5, 0.6) is 0 Å². The number of likely N-dealkylation sites (tertiary alicyclic amines) is 1. The van der Waals surface area contributed by atoms with E-state index in [0.717, 1.165) is 11.3 Å². The molecule has 1 amide bonds. The van der Waals surface area contributed by atoms with Gasteiger partial charge in [0.15, 0.2) is 0 Å². The number of hydrogen-bond acceptors (Lipinski definition) is 3. The summed E-state index contributed by atoms with van der Waals surface area (Å²) in [5.74, 6) is 0.122. The number of carbonyl (C=O) groups excluding carboxylic acids is 1. The molecule has 1 aliphatic heterocycles. The zero-order valence-corrected chi connectivity index (χ0v) is 15.0. The molecule has 0 spiro atoms. The molecule has 2 heterocycles. The van der Waals surface area contributed by atoms with Gasteiger partial charge in [0.25, 0.3) is 5.91 Å². The van der Waals surface area contributed by atoms with Crippen LogP contribution in [0.2, 0.25) is 0 Å². The van der Waals surface area contributed by atoms with Gasteiger partial charge in [-0.2, -0.15) is 0 Å². The van der Waals surface area contributed by atoms with E-state index < -0.39 is 0 Å². The van der Waals surface area contributed by atoms with Crippen LogP contribution in [0.3, 0.4) is 0 Å². The molecule has 24 heavy (non-hydrogen) atoms. The van der Waals surface area contributed by atoms with Crippen molar-refractivity contribution in [2.45, 2.75) is 44.6 Å². The fourth-order valence-corrected chi connectivity index (χ4v) is 5.15. The number of piperidine rings is 1. The first-order valence-corrected chi connectivity index (χ1v) is 9.47. The van der Waals surface area contributed by atoms with Gasteiger partial charge in [-0.15, -0.1) is 11.3 Å². The molecule has 1 aliphatic carbocycles. The maximum Gasteiger partial charge on any atom is 0.263 e. The van der Waals surface area contributed by atoms with Crippen LogP contribution in [-0.2, 0) is 11.8 Å². The van der Waals surface area contributed by atoms with Gasteiger partial charge in [0.2, 0.25) is 0 Å². The van der Waals surface area contributed by atoms with Gasteiger partial charge in [-0.25, -0.2) is 0 Å². The summed E-state index contributed by atoms with van der Waals surface area (Å²) in [4.78, 5) is 16.8. The Kier molecular flexibility index (Phi) is 3.77. The monoisotopic (exact) mass is 341 g/mol. The van der Waals surface area contributed by atoms with Gasteiger partial charge in [0, 0.05) is 18.0 Å². The van der Waals surface area contributed by atoms with E-state index in [2.05, 4.69) is 44.2 Å². The molecule has 1 saturated heterocycles. The Hall–Kier alpha value is -1.65. The van der Waals surface area contributed by atoms with Crippen LogP contribution < -0.4 is 0 Å². The largest absolute Gasteiger partial charge is 0.393 e. The normalized spacial score (nSPS) is 19.7. The van der Waals surface area contributed by atoms with Crippen molar-refractivity contribution in [3.05, 3.63) is 46.3 Å². The Bertz CT molecular complexity index is 785. The first-order chi connectivity index (χ1) is 11.5. The van der Waals surface area contributed by atoms with Crippen LogP contribution in [0.4, 0.5) is 0 Å². The van der Waals surface area contributed by atoms with Crippen molar-refractivity contribution in [3.8, 4) is 10.4 Å². The number of amides is 1. The third-order valence-electron chi connectivity index (χ3n) is 5.30. The molecule has 4 heteroatoms. The van der Waals surface area contributed by atoms with E-state index >= 15 is 0 Å². The van der Waals surface area contributed by atoms with E-state index in [0.29, 0.717) is 25.9 Å². The topological polar surface area (TPSA) is 40.5 Å². The fraction of sp³-hybridized carbons (Fsp3) is 0.450. The van der Waals surface area contributed by atoms with Gasteiger partial charge in [-0.1, -0.05) is 38.1 Å². The van der Waals surface area contributed by atoms with Gasteiger partial charge >= 0.3 is 0 Å². The molecule has 4 rings (SSSR count). The number of benzene rings is 1. The van der Waals surface area contributed by atoms with Crippen LogP contribution in [0.25, 0.3) is 10.4 Å². The van der Waals surface area contributed by atoms with Crippen LogP contribution in [0, 0.1) is 0 Å². The number of nitrogens with zero attached hydrogens (tertiary/aromatic N) is 1. The summed E-state index contributed by atoms with van der Waals surface area (Å²) in [7, 11) is 0. The first-order valence-electron chi connectivity index (χ1n) is 8.65. The molecule has 1 aromatic heterocycles. The lowest BCUT2D eigenvalue weighted by molar-refractivity contribution is 0.0550. The number of fused-ring (bicyclic) bond motifs is 3. The third-order valence-corrected chi connectivity index (χ3v) is 6.50. The zero-order chi connectivity index (χ0) is 16.9. The highest BCUT2D eigenvalue weighted by Crippen LogP contribution is 2.46. The molecule has 2 aliphatic rings. The second-order valence-electron chi connectivity index (χ2n) is 7.59. The smallest absolute Gasteiger partial charge is 0.263 e. The van der Waals surface area contributed by atoms with Crippen LogP contribution >= 0.6 is 11.3 Å². The molecule has 0 saturated carbocycles. The van der Waals surface area contributed by atoms with Crippen molar-refractivity contribution in [3.63, 3.8) is 0 Å². The Morgan fingerprint density at radius 1 is 1.25 bits per heavy atom. The predicted molar refractivity (Wildman–Crippen MR) is 97.6 cm³/mol. The minimum absolute atomic E-state index is 0.0974. The van der Waals surface area contributed by atoms with E-state index in [1.807, 2.05) is 4.90 Å². The van der Waals surface area contributed by atoms with E-state index in [1.54, 1.807) is 11.3 Å². The highest BCUT2D eigenvalue weighted by atomic mass is 32.1. The summed E-state index contributed by atoms with van der Waals surface area (Å²) in [6.07, 6.45) is 2.10. The van der Waals surface area contributed by atoms with Crippen LogP contribution in [0.1, 0.15) is 47.5 Å². The number of hydrogen-bond donors (Lipinski definition) is 1. The van der Waals surface area contributed by atoms with Crippen molar-refractivity contribution < 1.29 is 9.90 Å². The number of rotatable bonds is 1. The van der Waals surface area contributed by atoms with Crippen molar-refractivity contribution in [1.29, 1.82) is 0 Å². The molecular weight excluding hydrogens is 318 g/mol. The Labute approximate surface area is 146 Å². The zero-order valence-electron chi connectivity index (χ0n) is 14.2. The molecule has 126 valence electrons. The van der Waals surface area contributed by atoms with Crippen molar-refractivity contribution in [2.24, 2.45) is 0 Å². The van der Waals surface area contributed by atoms with Crippen LogP contribution in [-0.4, -0.2) is 35.1 Å². The molecule has 3 nitrogen and oxygen atoms in total. The lowest BCUT2D eigenvalue weighted by atomic mass is 9.73. The Balaban J connectivity index is 1.69. The molecule has 1 aromatic carbocycles. The molecule has 2 aromatic rings. The average molecular weight is 341 g/mol. The Morgan fingerprint density at radius 2 is 1.96 bits per heavy atom. The van der Waals surface area contributed by atoms with Gasteiger partial charge in [-0.05, 0) is 47.4 Å². The second-order valence-corrected chi connectivity index (χ2v) is 8.65. The van der Waals surface area contributed by atoms with Crippen molar-refractivity contribution in [1.82, 2.24) is 4.90 Å². The lowest BCUT2D eigenvalue weighted by Gasteiger charge is -2.32. The summed E-state index contributed by atoms with van der Waals surface area (Å²) in [5.41, 5.74) is 4.05. The summed E-state index contributed by atoms with van der Waals surface area (Å²) < 4.78 is 0. The summed E-state index contributed by atoms with van der Waals surface area (Å²) in [6, 6.07) is 10.7. The maximum absolute atomic E-state index is 12.9. The highest BCUT2D eigenvalue weighted by molar-refractivity contribution is 7.17. The van der Waals surface area contributed by atoms with Gasteiger partial charge in [0.05, 0.1) is 11.0 Å². The number of aliphatic hydroxyl groups excluding tert-OH is 1. The molecule has 1 N–H and O–H groups in total. The minimum atomic E-state index is -0.252. The number of thiophene rings is 1. The van der Waals surface area contributed by atoms with Crippen LogP contribution in [0.15, 0.2) is 30.3 Å². The van der Waals surface area contributed by atoms with E-state index in [9.17, 15) is 9.90 Å². The molecule has 0 bridgehead atoms. The van der Waals surface area contributed by atoms with Gasteiger partial charge in [-0.3, -0.25) is 4.79 Å². The summed E-state index contributed by atoms with van der Waals surface area (Å²) in [6.45, 7) is 5.87. The Morgan fingerprint density at radius 3 is 2.71 bits per heavy atom. The molecule has 0 radical (unpaired) electrons. The lowest BCUT2D eigenvalue weighted by Crippen LogP contribution is -2.39. The summed E-state index contributed by atoms with van der Waals surface area (Å²) in [5, 5.41) is 9.64. The first kappa shape index (κ1) is 15.9. The molecule has 0 unspecified atom stereocenters. The standard InChI is InChI=1S/C20H23NO2S/c1-20(2)12-13-11-17(19(23)21-9-7-14(22)8-10-21)24-18(13)15-5-3-4-6-16(15)20/h3-6,11,14,22H,7-10,12H2,1-2H3. The SMILES string of the molecule is CC1(C)Cc2cc(C(=O)N3CCC(O)CC3)sc2-c2ccccc21. The predicted octanol–water partition coefficient (Wildman–Crippen LogP) is 3.85. The van der Waals surface area contributed by atoms with Crippen molar-refractivity contribution in [2.75, 3.05) is 13.1 Å². The molecular formula is C20H23NO2S. The van der Waals surface area contributed by atoms with E-state index in [4.69, 9.17) is 0 Å². The van der Waals surface area contributed by atoms with E-state index in [1.165, 1.54) is 21.6 Å². The van der Waals surface area contributed by atoms with Gasteiger partial charge < -0.3 is 10.0 Å². The number of carbonyl (C=O) groups is 1. The molecule has 1 fully saturated rings. The number of aliphatic hydroxyl groups is 1. The maximum atomic E-state index is 12.9. The molecule has 0 atom stereocenters. The highest BCUT2D eigenvalue weighted by Gasteiger charge is 2.33. The fourth-order valence-electron chi connectivity index (χ4n) is 3.96. The second kappa shape index (κ2) is 5.71. The minimum Gasteiger partial charge on any atom is -0.393 e. The average Bonchev–Trinajstić information content (AvgIpc) is 2.98.